The van der Waals surface area contributed by atoms with Crippen LogP contribution in [0.1, 0.15) is 144 Å². The Hall–Kier alpha value is -15.7. The first-order chi connectivity index (χ1) is 67.8. The molecule has 143 heavy (non-hydrogen) atoms. The molecule has 4 saturated carbocycles. The van der Waals surface area contributed by atoms with E-state index in [2.05, 4.69) is 91.5 Å². The first-order valence-corrected chi connectivity index (χ1v) is 45.1. The molecule has 0 saturated heterocycles. The molecule has 0 aliphatic heterocycles. The smallest absolute Gasteiger partial charge is 0.480 e. The number of amides is 6. The monoisotopic (exact) mass is 2080 g/mol. The lowest BCUT2D eigenvalue weighted by Crippen LogP contribution is -2.44. The minimum Gasteiger partial charge on any atom is -0.480 e. The van der Waals surface area contributed by atoms with E-state index in [1.807, 2.05) is 6.92 Å². The van der Waals surface area contributed by atoms with Gasteiger partial charge in [-0.3, -0.25) is 77.2 Å². The first-order valence-electron chi connectivity index (χ1n) is 43.6. The predicted molar refractivity (Wildman–Crippen MR) is 506 cm³/mol. The molecule has 52 heteroatoms. The van der Waals surface area contributed by atoms with Crippen molar-refractivity contribution in [2.24, 2.45) is 17.2 Å². The molecular formula is C91H96BrCl2F5N26O18. The summed E-state index contributed by atoms with van der Waals surface area (Å²) in [7, 11) is 0. The number of ether oxygens (including phenoxy) is 3. The van der Waals surface area contributed by atoms with Crippen molar-refractivity contribution >= 4 is 182 Å². The van der Waals surface area contributed by atoms with E-state index in [0.29, 0.717) is 83.9 Å². The van der Waals surface area contributed by atoms with Crippen LogP contribution in [0.2, 0.25) is 10.0 Å². The van der Waals surface area contributed by atoms with Crippen LogP contribution in [0.5, 0.6) is 0 Å². The lowest BCUT2D eigenvalue weighted by Gasteiger charge is -2.23. The number of hydrogen-bond donors (Lipinski definition) is 8. The molecule has 754 valence electrons. The summed E-state index contributed by atoms with van der Waals surface area (Å²) in [5.41, 5.74) is 19.3. The van der Waals surface area contributed by atoms with E-state index in [4.69, 9.17) is 94.4 Å². The fourth-order valence-corrected chi connectivity index (χ4v) is 14.2. The van der Waals surface area contributed by atoms with Crippen LogP contribution in [-0.2, 0) is 94.9 Å². The fourth-order valence-electron chi connectivity index (χ4n) is 13.5. The van der Waals surface area contributed by atoms with Crippen molar-refractivity contribution in [1.82, 2.24) is 99.2 Å². The van der Waals surface area contributed by atoms with E-state index in [0.717, 1.165) is 38.5 Å². The molecule has 4 aliphatic carbocycles. The average molecular weight is 2090 g/mol. The molecule has 11 N–H and O–H groups in total. The van der Waals surface area contributed by atoms with Crippen LogP contribution in [-0.4, -0.2) is 250 Å². The van der Waals surface area contributed by atoms with E-state index in [1.54, 1.807) is 126 Å². The quantitative estimate of drug-likeness (QED) is 0.00709. The van der Waals surface area contributed by atoms with Crippen molar-refractivity contribution in [3.8, 4) is 0 Å². The maximum Gasteiger partial charge on any atom is 0.490 e. The number of carboxylic acids is 3. The molecule has 0 bridgehead atoms. The summed E-state index contributed by atoms with van der Waals surface area (Å²) in [6.07, 6.45) is 16.1. The lowest BCUT2D eigenvalue weighted by molar-refractivity contribution is -0.192. The van der Waals surface area contributed by atoms with Gasteiger partial charge in [0.2, 0.25) is 23.6 Å². The Morgan fingerprint density at radius 3 is 1.28 bits per heavy atom. The largest absolute Gasteiger partial charge is 0.490 e. The second kappa shape index (κ2) is 50.9. The van der Waals surface area contributed by atoms with E-state index >= 15 is 0 Å². The lowest BCUT2D eigenvalue weighted by atomic mass is 10.1. The van der Waals surface area contributed by atoms with E-state index in [9.17, 15) is 74.7 Å². The zero-order valence-electron chi connectivity index (χ0n) is 77.6. The van der Waals surface area contributed by atoms with Gasteiger partial charge >= 0.3 is 59.4 Å². The van der Waals surface area contributed by atoms with Crippen LogP contribution in [0.3, 0.4) is 0 Å². The number of fused-ring (bicyclic) bond motifs is 5. The Morgan fingerprint density at radius 1 is 0.517 bits per heavy atom. The Kier molecular flexibility index (Phi) is 39.5. The Labute approximate surface area is 828 Å². The van der Waals surface area contributed by atoms with Gasteiger partial charge in [-0.25, -0.2) is 23.4 Å². The number of alkyl halides is 3. The number of pyridine rings is 5. The number of carbonyl (C=O) groups is 12. The molecule has 4 fully saturated rings. The van der Waals surface area contributed by atoms with E-state index in [-0.39, 0.29) is 151 Å². The minimum atomic E-state index is -5.08. The highest BCUT2D eigenvalue weighted by molar-refractivity contribution is 9.10. The third-order valence-corrected chi connectivity index (χ3v) is 21.5. The van der Waals surface area contributed by atoms with Crippen molar-refractivity contribution in [2.45, 2.75) is 181 Å². The SMILES string of the molecule is CCOC(=O)CNC1CC1.C[C@H](N)c1cccc(Cl)c1F.C[C@H](NC(=O)CN(C(=O)Cn1nc(C(N)=O)c2ccncc21)C1CC1)c1cccc(Cl)c1F.NC(=O)c1nn(CC(=O)N(CC(=O)O)C2CC2)c2cnccc12.O=C(O)C(F)(F)F.[C-]#[N+]c1nn(CC(=O)N(CC(=O)OCC)C2CC2)c2cnccc12.[C-]#[N+]c1nn(CC(=O)O)c2cnccc12.[C-]#[N+]c1nn(CC(=O)OC(C)(C)C)c2cnc(Br)cc12. The zero-order chi connectivity index (χ0) is 105. The standard InChI is InChI=1S/C22H22ClFN6O3.C16H17N5O3.C14H15N5O4.C13H13BrN4O2.C9H6N4O2.C8H9ClFN.C7H13NO2.C2HF3O2/c1-12(14-3-2-4-16(23)20(14)24)27-18(31)10-29(13-5-6-13)19(32)11-30-17-9-26-8-7-15(17)21(28-30)22(25)33;1-3-24-15(23)10-20(11-4-5-11)14(22)9-21-13-8-18-7-6-12(13)16(17-2)19-21;15-14(23)13-9-3-4-16-5-10(9)19(17-13)6-11(20)18(7-12(21)22)8-1-2-8;1-13(2,3)20-11(19)7-18-9-6-16-10(14)5-8(9)12(15-4)17-18;1-10-9-6-2-3-11-4-7(6)13(12-9)5-8(14)15;1-5(11)6-3-2-4-7(9)8(6)10;1-2-10-7(9)5-8-6-3-4-6;3-2(4,5)1(6)7/h2-4,7-9,12-13H,5-6,10-11H2,1H3,(H2,25,33)(H,27,31);6-8,11H,3-5,9-10H2,1H3;3-5,8H,1-2,6-7H2,(H2,15,23)(H,21,22);5-6H,7H2,1-3H3;2-4H,5H2,(H,14,15);2-5H,11H2,1H3;6,8H,2-5H2,1H3;(H,6,7)/t12-;;;;;5-;;/m0....0../s1. The average Bonchev–Trinajstić information content (AvgIpc) is 1.64. The number of aliphatic carboxylic acids is 3. The molecule has 0 radical (unpaired) electrons. The zero-order valence-corrected chi connectivity index (χ0v) is 80.7. The molecule has 2 atom stereocenters. The summed E-state index contributed by atoms with van der Waals surface area (Å²) in [6.45, 7) is 33.4. The number of nitrogens with one attached hydrogen (secondary N) is 2. The van der Waals surface area contributed by atoms with E-state index < -0.39 is 77.0 Å². The summed E-state index contributed by atoms with van der Waals surface area (Å²) in [6, 6.07) is 17.3. The highest BCUT2D eigenvalue weighted by Crippen LogP contribution is 2.34. The molecule has 4 aliphatic rings. The normalized spacial score (nSPS) is 13.2. The Bertz CT molecular complexity index is 6830. The van der Waals surface area contributed by atoms with Gasteiger partial charge in [0.05, 0.1) is 101 Å². The van der Waals surface area contributed by atoms with Crippen LogP contribution in [0.25, 0.3) is 69.0 Å². The van der Waals surface area contributed by atoms with Crippen LogP contribution in [0.4, 0.5) is 39.4 Å². The molecule has 12 aromatic rings. The Morgan fingerprint density at radius 2 is 0.895 bits per heavy atom. The molecule has 6 amide bonds. The topological polar surface area (TPSA) is 572 Å². The van der Waals surface area contributed by atoms with Crippen molar-refractivity contribution < 1.29 is 109 Å². The number of esters is 3. The van der Waals surface area contributed by atoms with Gasteiger partial charge in [0, 0.05) is 93.1 Å². The van der Waals surface area contributed by atoms with Gasteiger partial charge in [0.15, 0.2) is 24.5 Å². The second-order valence-electron chi connectivity index (χ2n) is 32.7. The summed E-state index contributed by atoms with van der Waals surface area (Å²) in [5.74, 6) is -8.83. The maximum absolute atomic E-state index is 14.3. The predicted octanol–water partition coefficient (Wildman–Crippen LogP) is 10.9. The molecule has 10 heterocycles. The number of halogens is 8. The number of benzene rings is 2. The highest BCUT2D eigenvalue weighted by atomic mass is 79.9. The van der Waals surface area contributed by atoms with Gasteiger partial charge < -0.3 is 86.6 Å². The first kappa shape index (κ1) is 111. The van der Waals surface area contributed by atoms with Crippen molar-refractivity contribution in [1.29, 1.82) is 0 Å². The number of nitrogens with two attached hydrogens (primary N) is 3. The van der Waals surface area contributed by atoms with Crippen LogP contribution in [0, 0.1) is 31.4 Å². The maximum atomic E-state index is 14.3. The molecule has 16 rings (SSSR count). The van der Waals surface area contributed by atoms with Crippen LogP contribution >= 0.6 is 39.1 Å². The number of nitrogens with zero attached hydrogens (tertiary/aromatic N) is 21. The molecular weight excluding hydrogens is 1990 g/mol. The third kappa shape index (κ3) is 32.4. The number of hydrogen-bond acceptors (Lipinski definition) is 27. The molecule has 2 aromatic carbocycles. The van der Waals surface area contributed by atoms with Gasteiger partial charge in [-0.15, -0.1) is 0 Å². The Balaban J connectivity index is 0.000000189. The molecule has 44 nitrogen and oxygen atoms in total. The summed E-state index contributed by atoms with van der Waals surface area (Å²) in [5, 5.41) is 54.0. The summed E-state index contributed by atoms with van der Waals surface area (Å²) < 4.78 is 81.4. The van der Waals surface area contributed by atoms with Crippen molar-refractivity contribution in [3.05, 3.63) is 206 Å². The highest BCUT2D eigenvalue weighted by Gasteiger charge is 2.40. The molecule has 10 aromatic heterocycles. The number of aromatic nitrogens is 15. The molecule has 0 unspecified atom stereocenters. The fraction of sp³-hybridized carbons (Fsp3) is 0.374. The van der Waals surface area contributed by atoms with Gasteiger partial charge in [-0.1, -0.05) is 67.2 Å². The van der Waals surface area contributed by atoms with Crippen molar-refractivity contribution in [3.63, 3.8) is 0 Å². The third-order valence-electron chi connectivity index (χ3n) is 20.5. The van der Waals surface area contributed by atoms with Crippen LogP contribution < -0.4 is 27.8 Å². The van der Waals surface area contributed by atoms with Gasteiger partial charge in [-0.2, -0.15) is 37.4 Å². The van der Waals surface area contributed by atoms with E-state index in [1.165, 1.54) is 89.2 Å². The number of primary amides is 2. The summed E-state index contributed by atoms with van der Waals surface area (Å²) >= 11 is 14.6. The van der Waals surface area contributed by atoms with Gasteiger partial charge in [0.25, 0.3) is 11.8 Å². The number of rotatable bonds is 29. The number of carbonyl (C=O) groups excluding carboxylic acids is 9. The van der Waals surface area contributed by atoms with Gasteiger partial charge in [-0.05, 0) is 174 Å². The van der Waals surface area contributed by atoms with Crippen molar-refractivity contribution in [2.75, 3.05) is 39.4 Å². The minimum absolute atomic E-state index is 0.0281. The van der Waals surface area contributed by atoms with Crippen LogP contribution in [0.15, 0.2) is 127 Å². The number of carboxylic acid groups (broad SMARTS) is 3. The second-order valence-corrected chi connectivity index (χ2v) is 34.3. The van der Waals surface area contributed by atoms with Gasteiger partial charge in [0.1, 0.15) is 54.6 Å². The molecule has 0 spiro atoms. The summed E-state index contributed by atoms with van der Waals surface area (Å²) in [4.78, 5) is 173.